The smallest absolute Gasteiger partial charge is 0.410 e. The molecule has 0 fully saturated rings. The zero-order valence-electron chi connectivity index (χ0n) is 12.2. The predicted octanol–water partition coefficient (Wildman–Crippen LogP) is 2.34. The number of hydrogen-bond acceptors (Lipinski definition) is 4. The van der Waals surface area contributed by atoms with Crippen LogP contribution >= 0.6 is 0 Å². The van der Waals surface area contributed by atoms with E-state index in [-0.39, 0.29) is 5.84 Å². The second-order valence-electron chi connectivity index (χ2n) is 5.43. The number of rotatable bonds is 3. The van der Waals surface area contributed by atoms with Crippen molar-refractivity contribution in [1.29, 1.82) is 0 Å². The first-order chi connectivity index (χ1) is 9.26. The van der Waals surface area contributed by atoms with Gasteiger partial charge in [0.25, 0.3) is 0 Å². The molecule has 1 unspecified atom stereocenters. The van der Waals surface area contributed by atoms with Crippen molar-refractivity contribution in [1.82, 2.24) is 4.90 Å². The third-order valence-electron chi connectivity index (χ3n) is 2.58. The maximum Gasteiger partial charge on any atom is 0.410 e. The van der Waals surface area contributed by atoms with Crippen molar-refractivity contribution >= 4 is 11.9 Å². The molecule has 110 valence electrons. The Kier molecular flexibility index (Phi) is 4.96. The van der Waals surface area contributed by atoms with Crippen LogP contribution in [0, 0.1) is 0 Å². The van der Waals surface area contributed by atoms with Crippen molar-refractivity contribution in [3.63, 3.8) is 0 Å². The topological polar surface area (TPSA) is 88.2 Å². The molecular weight excluding hydrogens is 258 g/mol. The third kappa shape index (κ3) is 4.15. The van der Waals surface area contributed by atoms with E-state index in [0.717, 1.165) is 5.56 Å². The summed E-state index contributed by atoms with van der Waals surface area (Å²) in [6.45, 7) is 5.33. The Bertz CT molecular complexity index is 480. The molecule has 0 spiro atoms. The summed E-state index contributed by atoms with van der Waals surface area (Å²) in [4.78, 5) is 13.4. The number of carbonyl (C=O) groups is 1. The molecule has 1 atom stereocenters. The van der Waals surface area contributed by atoms with Gasteiger partial charge in [0.2, 0.25) is 0 Å². The van der Waals surface area contributed by atoms with Gasteiger partial charge in [-0.15, -0.1) is 0 Å². The Hall–Kier alpha value is -2.24. The van der Waals surface area contributed by atoms with Gasteiger partial charge in [0, 0.05) is 7.05 Å². The van der Waals surface area contributed by atoms with E-state index in [1.165, 1.54) is 4.90 Å². The predicted molar refractivity (Wildman–Crippen MR) is 76.6 cm³/mol. The molecule has 0 heterocycles. The Morgan fingerprint density at radius 1 is 1.35 bits per heavy atom. The van der Waals surface area contributed by atoms with Crippen LogP contribution < -0.4 is 5.73 Å². The number of likely N-dealkylation sites (N-methyl/N-ethyl adjacent to an activating group) is 1. The van der Waals surface area contributed by atoms with Crippen LogP contribution in [0.25, 0.3) is 0 Å². The van der Waals surface area contributed by atoms with Crippen LogP contribution in [0.1, 0.15) is 32.4 Å². The van der Waals surface area contributed by atoms with Crippen molar-refractivity contribution in [2.24, 2.45) is 10.9 Å². The minimum atomic E-state index is -0.684. The van der Waals surface area contributed by atoms with Crippen molar-refractivity contribution < 1.29 is 14.7 Å². The molecule has 0 aromatic heterocycles. The van der Waals surface area contributed by atoms with Gasteiger partial charge < -0.3 is 15.7 Å². The van der Waals surface area contributed by atoms with Gasteiger partial charge in [-0.2, -0.15) is 0 Å². The molecule has 0 bridgehead atoms. The van der Waals surface area contributed by atoms with Crippen LogP contribution in [-0.2, 0) is 4.74 Å². The molecule has 20 heavy (non-hydrogen) atoms. The van der Waals surface area contributed by atoms with Crippen LogP contribution in [0.2, 0.25) is 0 Å². The lowest BCUT2D eigenvalue weighted by Gasteiger charge is -2.30. The minimum Gasteiger partial charge on any atom is -0.444 e. The molecule has 3 N–H and O–H groups in total. The fourth-order valence-electron chi connectivity index (χ4n) is 1.72. The maximum atomic E-state index is 12.1. The molecule has 0 aliphatic rings. The first-order valence-corrected chi connectivity index (χ1v) is 6.24. The van der Waals surface area contributed by atoms with Gasteiger partial charge in [-0.25, -0.2) is 4.79 Å². The molecule has 1 amide bonds. The number of nitrogens with zero attached hydrogens (tertiary/aromatic N) is 2. The first-order valence-electron chi connectivity index (χ1n) is 6.24. The van der Waals surface area contributed by atoms with Crippen LogP contribution in [0.3, 0.4) is 0 Å². The average Bonchev–Trinajstić information content (AvgIpc) is 2.37. The molecule has 6 heteroatoms. The Morgan fingerprint density at radius 3 is 2.35 bits per heavy atom. The van der Waals surface area contributed by atoms with E-state index < -0.39 is 17.7 Å². The van der Waals surface area contributed by atoms with E-state index in [1.54, 1.807) is 40.0 Å². The summed E-state index contributed by atoms with van der Waals surface area (Å²) >= 11 is 0. The summed E-state index contributed by atoms with van der Waals surface area (Å²) in [5, 5.41) is 11.9. The number of ether oxygens (including phenoxy) is 1. The van der Waals surface area contributed by atoms with Gasteiger partial charge in [-0.1, -0.05) is 35.5 Å². The summed E-state index contributed by atoms with van der Waals surface area (Å²) in [6.07, 6.45) is -0.544. The highest BCUT2D eigenvalue weighted by atomic mass is 16.6. The summed E-state index contributed by atoms with van der Waals surface area (Å²) in [5.41, 5.74) is 5.82. The van der Waals surface area contributed by atoms with Crippen LogP contribution in [-0.4, -0.2) is 34.7 Å². The number of benzene rings is 1. The van der Waals surface area contributed by atoms with Crippen molar-refractivity contribution in [2.45, 2.75) is 32.4 Å². The van der Waals surface area contributed by atoms with E-state index in [9.17, 15) is 4.79 Å². The third-order valence-corrected chi connectivity index (χ3v) is 2.58. The van der Waals surface area contributed by atoms with Crippen LogP contribution in [0.5, 0.6) is 0 Å². The largest absolute Gasteiger partial charge is 0.444 e. The zero-order chi connectivity index (χ0) is 15.3. The molecule has 1 aromatic carbocycles. The maximum absolute atomic E-state index is 12.1. The van der Waals surface area contributed by atoms with Gasteiger partial charge in [0.05, 0.1) is 0 Å². The fourth-order valence-corrected chi connectivity index (χ4v) is 1.72. The summed E-state index contributed by atoms with van der Waals surface area (Å²) in [6, 6.07) is 8.38. The first kappa shape index (κ1) is 15.8. The monoisotopic (exact) mass is 279 g/mol. The quantitative estimate of drug-likeness (QED) is 0.385. The molecule has 6 nitrogen and oxygen atoms in total. The SMILES string of the molecule is CN(C(=O)OC(C)(C)C)C(/C(N)=N/O)c1ccccc1. The summed E-state index contributed by atoms with van der Waals surface area (Å²) in [7, 11) is 1.55. The Labute approximate surface area is 118 Å². The van der Waals surface area contributed by atoms with Gasteiger partial charge >= 0.3 is 6.09 Å². The van der Waals surface area contributed by atoms with Gasteiger partial charge in [-0.3, -0.25) is 4.90 Å². The molecule has 0 saturated carbocycles. The lowest BCUT2D eigenvalue weighted by molar-refractivity contribution is 0.0263. The fraction of sp³-hybridized carbons (Fsp3) is 0.429. The molecule has 1 rings (SSSR count). The molecule has 1 aromatic rings. The zero-order valence-corrected chi connectivity index (χ0v) is 12.2. The number of amidine groups is 1. The van der Waals surface area contributed by atoms with E-state index in [4.69, 9.17) is 15.7 Å². The van der Waals surface area contributed by atoms with Crippen molar-refractivity contribution in [3.05, 3.63) is 35.9 Å². The Morgan fingerprint density at radius 2 is 1.90 bits per heavy atom. The standard InChI is InChI=1S/C14H21N3O3/c1-14(2,3)20-13(18)17(4)11(12(15)16-19)10-8-6-5-7-9-10/h5-9,11,19H,1-4H3,(H2,15,16). The molecular formula is C14H21N3O3. The van der Waals surface area contributed by atoms with E-state index in [2.05, 4.69) is 5.16 Å². The molecule has 0 radical (unpaired) electrons. The molecule has 0 aliphatic carbocycles. The lowest BCUT2D eigenvalue weighted by atomic mass is 10.1. The number of hydrogen-bond donors (Lipinski definition) is 2. The molecule has 0 aliphatic heterocycles. The number of oxime groups is 1. The van der Waals surface area contributed by atoms with E-state index >= 15 is 0 Å². The number of nitrogens with two attached hydrogens (primary N) is 1. The summed E-state index contributed by atoms with van der Waals surface area (Å²) < 4.78 is 5.29. The molecule has 0 saturated heterocycles. The normalized spacial score (nSPS) is 13.7. The highest BCUT2D eigenvalue weighted by Gasteiger charge is 2.29. The van der Waals surface area contributed by atoms with Crippen LogP contribution in [0.15, 0.2) is 35.5 Å². The van der Waals surface area contributed by atoms with E-state index in [0.29, 0.717) is 0 Å². The second kappa shape index (κ2) is 6.27. The summed E-state index contributed by atoms with van der Waals surface area (Å²) in [5.74, 6) is -0.0791. The van der Waals surface area contributed by atoms with E-state index in [1.807, 2.05) is 18.2 Å². The number of amides is 1. The lowest BCUT2D eigenvalue weighted by Crippen LogP contribution is -2.42. The average molecular weight is 279 g/mol. The number of carbonyl (C=O) groups excluding carboxylic acids is 1. The minimum absolute atomic E-state index is 0.0791. The Balaban J connectivity index is 3.04. The van der Waals surface area contributed by atoms with Gasteiger partial charge in [0.1, 0.15) is 11.6 Å². The second-order valence-corrected chi connectivity index (χ2v) is 5.43. The van der Waals surface area contributed by atoms with Crippen molar-refractivity contribution in [2.75, 3.05) is 7.05 Å². The van der Waals surface area contributed by atoms with Crippen LogP contribution in [0.4, 0.5) is 4.79 Å². The highest BCUT2D eigenvalue weighted by Crippen LogP contribution is 2.22. The van der Waals surface area contributed by atoms with Gasteiger partial charge in [0.15, 0.2) is 5.84 Å². The highest BCUT2D eigenvalue weighted by molar-refractivity contribution is 5.89. The van der Waals surface area contributed by atoms with Gasteiger partial charge in [-0.05, 0) is 26.3 Å². The van der Waals surface area contributed by atoms with Crippen molar-refractivity contribution in [3.8, 4) is 0 Å².